The highest BCUT2D eigenvalue weighted by molar-refractivity contribution is 5.79. The Balaban J connectivity index is 1.70. The molecule has 1 heterocycles. The average Bonchev–Trinajstić information content (AvgIpc) is 2.55. The van der Waals surface area contributed by atoms with Crippen LogP contribution in [0, 0.1) is 11.3 Å². The topological polar surface area (TPSA) is 39.7 Å². The number of hydrogen-bond acceptors (Lipinski definition) is 2. The lowest BCUT2D eigenvalue weighted by atomic mass is 9.67. The SMILES string of the molecule is CCNC(=NCC1(CC)CCC1)NCCC1CCN(CC)CC1. The van der Waals surface area contributed by atoms with Crippen LogP contribution in [0.1, 0.15) is 65.7 Å². The predicted octanol–water partition coefficient (Wildman–Crippen LogP) is 3.24. The van der Waals surface area contributed by atoms with Crippen LogP contribution in [0.5, 0.6) is 0 Å². The summed E-state index contributed by atoms with van der Waals surface area (Å²) in [6.07, 6.45) is 9.39. The van der Waals surface area contributed by atoms with E-state index in [1.165, 1.54) is 64.6 Å². The second-order valence-electron chi connectivity index (χ2n) is 7.50. The highest BCUT2D eigenvalue weighted by Gasteiger charge is 2.34. The highest BCUT2D eigenvalue weighted by Crippen LogP contribution is 2.43. The molecule has 4 nitrogen and oxygen atoms in total. The summed E-state index contributed by atoms with van der Waals surface area (Å²) in [6, 6.07) is 0. The Morgan fingerprint density at radius 2 is 1.87 bits per heavy atom. The number of rotatable bonds is 8. The lowest BCUT2D eigenvalue weighted by Gasteiger charge is -2.40. The zero-order chi connectivity index (χ0) is 16.5. The highest BCUT2D eigenvalue weighted by atomic mass is 15.2. The summed E-state index contributed by atoms with van der Waals surface area (Å²) in [5, 5.41) is 6.98. The number of nitrogens with zero attached hydrogens (tertiary/aromatic N) is 2. The zero-order valence-electron chi connectivity index (χ0n) is 15.7. The molecular weight excluding hydrogens is 284 g/mol. The summed E-state index contributed by atoms with van der Waals surface area (Å²) >= 11 is 0. The Morgan fingerprint density at radius 1 is 1.13 bits per heavy atom. The quantitative estimate of drug-likeness (QED) is 0.532. The number of likely N-dealkylation sites (tertiary alicyclic amines) is 1. The summed E-state index contributed by atoms with van der Waals surface area (Å²) in [7, 11) is 0. The van der Waals surface area contributed by atoms with E-state index in [4.69, 9.17) is 4.99 Å². The number of nitrogens with one attached hydrogen (secondary N) is 2. The summed E-state index contributed by atoms with van der Waals surface area (Å²) < 4.78 is 0. The number of guanidine groups is 1. The van der Waals surface area contributed by atoms with Gasteiger partial charge in [0.25, 0.3) is 0 Å². The van der Waals surface area contributed by atoms with Crippen molar-refractivity contribution in [2.24, 2.45) is 16.3 Å². The van der Waals surface area contributed by atoms with Crippen LogP contribution in [0.25, 0.3) is 0 Å². The van der Waals surface area contributed by atoms with Crippen LogP contribution in [0.15, 0.2) is 4.99 Å². The van der Waals surface area contributed by atoms with E-state index in [1.54, 1.807) is 0 Å². The molecule has 1 saturated carbocycles. The fraction of sp³-hybridized carbons (Fsp3) is 0.947. The Morgan fingerprint density at radius 3 is 2.39 bits per heavy atom. The van der Waals surface area contributed by atoms with Gasteiger partial charge >= 0.3 is 0 Å². The third kappa shape index (κ3) is 5.66. The first kappa shape index (κ1) is 18.6. The summed E-state index contributed by atoms with van der Waals surface area (Å²) in [5.41, 5.74) is 0.509. The maximum Gasteiger partial charge on any atom is 0.191 e. The first-order valence-electron chi connectivity index (χ1n) is 9.96. The Bertz CT molecular complexity index is 349. The van der Waals surface area contributed by atoms with Crippen LogP contribution in [0.2, 0.25) is 0 Å². The molecule has 2 N–H and O–H groups in total. The lowest BCUT2D eigenvalue weighted by molar-refractivity contribution is 0.139. The third-order valence-corrected chi connectivity index (χ3v) is 6.08. The lowest BCUT2D eigenvalue weighted by Crippen LogP contribution is -2.41. The molecule has 0 atom stereocenters. The van der Waals surface area contributed by atoms with Crippen molar-refractivity contribution < 1.29 is 0 Å². The van der Waals surface area contributed by atoms with Gasteiger partial charge in [-0.2, -0.15) is 0 Å². The van der Waals surface area contributed by atoms with Crippen LogP contribution >= 0.6 is 0 Å². The van der Waals surface area contributed by atoms with Crippen LogP contribution < -0.4 is 10.6 Å². The van der Waals surface area contributed by atoms with Crippen molar-refractivity contribution in [3.63, 3.8) is 0 Å². The molecule has 2 fully saturated rings. The minimum absolute atomic E-state index is 0.509. The molecule has 0 amide bonds. The fourth-order valence-corrected chi connectivity index (χ4v) is 3.87. The van der Waals surface area contributed by atoms with E-state index in [-0.39, 0.29) is 0 Å². The molecule has 0 bridgehead atoms. The summed E-state index contributed by atoms with van der Waals surface area (Å²) in [5.74, 6) is 1.92. The van der Waals surface area contributed by atoms with Crippen molar-refractivity contribution in [3.05, 3.63) is 0 Å². The maximum absolute atomic E-state index is 4.87. The Labute approximate surface area is 143 Å². The second-order valence-corrected chi connectivity index (χ2v) is 7.50. The molecule has 1 aliphatic carbocycles. The minimum atomic E-state index is 0.509. The molecule has 1 aliphatic heterocycles. The van der Waals surface area contributed by atoms with Gasteiger partial charge in [0.15, 0.2) is 5.96 Å². The van der Waals surface area contributed by atoms with Crippen molar-refractivity contribution in [1.82, 2.24) is 15.5 Å². The second kappa shape index (κ2) is 9.51. The van der Waals surface area contributed by atoms with E-state index in [1.807, 2.05) is 0 Å². The van der Waals surface area contributed by atoms with Gasteiger partial charge in [0, 0.05) is 19.6 Å². The van der Waals surface area contributed by atoms with Crippen LogP contribution in [0.4, 0.5) is 0 Å². The number of aliphatic imine (C=N–C) groups is 1. The summed E-state index contributed by atoms with van der Waals surface area (Å²) in [6.45, 7) is 13.5. The van der Waals surface area contributed by atoms with Gasteiger partial charge < -0.3 is 15.5 Å². The van der Waals surface area contributed by atoms with Crippen LogP contribution in [-0.2, 0) is 0 Å². The monoisotopic (exact) mass is 322 g/mol. The van der Waals surface area contributed by atoms with Crippen molar-refractivity contribution in [3.8, 4) is 0 Å². The van der Waals surface area contributed by atoms with Gasteiger partial charge in [0.1, 0.15) is 0 Å². The number of piperidine rings is 1. The standard InChI is InChI=1S/C19H38N4/c1-4-19(11-7-12-19)16-22-18(20-5-2)21-13-8-17-9-14-23(6-3)15-10-17/h17H,4-16H2,1-3H3,(H2,20,21,22). The van der Waals surface area contributed by atoms with E-state index in [9.17, 15) is 0 Å². The fourth-order valence-electron chi connectivity index (χ4n) is 3.87. The Kier molecular flexibility index (Phi) is 7.68. The van der Waals surface area contributed by atoms with Crippen molar-refractivity contribution in [2.75, 3.05) is 39.3 Å². The van der Waals surface area contributed by atoms with Gasteiger partial charge in [0.2, 0.25) is 0 Å². The van der Waals surface area contributed by atoms with E-state index in [2.05, 4.69) is 36.3 Å². The molecule has 1 saturated heterocycles. The van der Waals surface area contributed by atoms with Crippen LogP contribution in [-0.4, -0.2) is 50.1 Å². The first-order valence-corrected chi connectivity index (χ1v) is 9.96. The largest absolute Gasteiger partial charge is 0.357 e. The zero-order valence-corrected chi connectivity index (χ0v) is 15.7. The van der Waals surface area contributed by atoms with Crippen molar-refractivity contribution in [2.45, 2.75) is 65.7 Å². The van der Waals surface area contributed by atoms with E-state index in [0.29, 0.717) is 5.41 Å². The van der Waals surface area contributed by atoms with Gasteiger partial charge in [-0.25, -0.2) is 0 Å². The van der Waals surface area contributed by atoms with Gasteiger partial charge in [-0.3, -0.25) is 4.99 Å². The molecule has 0 aromatic carbocycles. The van der Waals surface area contributed by atoms with E-state index < -0.39 is 0 Å². The molecule has 0 spiro atoms. The Hall–Kier alpha value is -0.770. The average molecular weight is 323 g/mol. The maximum atomic E-state index is 4.87. The van der Waals surface area contributed by atoms with Gasteiger partial charge in [0.05, 0.1) is 0 Å². The number of hydrogen-bond donors (Lipinski definition) is 2. The minimum Gasteiger partial charge on any atom is -0.357 e. The third-order valence-electron chi connectivity index (χ3n) is 6.08. The molecule has 134 valence electrons. The molecule has 23 heavy (non-hydrogen) atoms. The first-order chi connectivity index (χ1) is 11.2. The van der Waals surface area contributed by atoms with E-state index in [0.717, 1.165) is 31.5 Å². The predicted molar refractivity (Wildman–Crippen MR) is 100 cm³/mol. The van der Waals surface area contributed by atoms with Gasteiger partial charge in [-0.1, -0.05) is 20.3 Å². The normalized spacial score (nSPS) is 22.7. The smallest absolute Gasteiger partial charge is 0.191 e. The molecular formula is C19H38N4. The van der Waals surface area contributed by atoms with Crippen molar-refractivity contribution >= 4 is 5.96 Å². The molecule has 2 rings (SSSR count). The summed E-state index contributed by atoms with van der Waals surface area (Å²) in [4.78, 5) is 7.44. The molecule has 0 radical (unpaired) electrons. The molecule has 4 heteroatoms. The molecule has 0 aromatic heterocycles. The van der Waals surface area contributed by atoms with Crippen molar-refractivity contribution in [1.29, 1.82) is 0 Å². The van der Waals surface area contributed by atoms with Gasteiger partial charge in [-0.05, 0) is 76.4 Å². The van der Waals surface area contributed by atoms with Gasteiger partial charge in [-0.15, -0.1) is 0 Å². The van der Waals surface area contributed by atoms with Crippen LogP contribution in [0.3, 0.4) is 0 Å². The molecule has 0 unspecified atom stereocenters. The van der Waals surface area contributed by atoms with E-state index >= 15 is 0 Å². The molecule has 2 aliphatic rings. The molecule has 0 aromatic rings.